The molecule has 0 aliphatic carbocycles. The van der Waals surface area contributed by atoms with Crippen molar-refractivity contribution in [1.29, 1.82) is 0 Å². The van der Waals surface area contributed by atoms with E-state index in [1.165, 1.54) is 0 Å². The lowest BCUT2D eigenvalue weighted by Crippen LogP contribution is -2.46. The minimum Gasteiger partial charge on any atom is -0.481 e. The molecule has 1 aliphatic rings. The van der Waals surface area contributed by atoms with Crippen LogP contribution in [0, 0.1) is 5.92 Å². The molecule has 108 valence electrons. The van der Waals surface area contributed by atoms with Crippen molar-refractivity contribution in [3.63, 3.8) is 0 Å². The Morgan fingerprint density at radius 1 is 1.25 bits per heavy atom. The molecule has 1 aromatic rings. The first-order valence-electron chi connectivity index (χ1n) is 7.19. The Labute approximate surface area is 119 Å². The molecule has 1 saturated heterocycles. The molecule has 1 N–H and O–H groups in total. The Bertz CT molecular complexity index is 464. The van der Waals surface area contributed by atoms with Gasteiger partial charge in [0.2, 0.25) is 0 Å². The molecule has 0 amide bonds. The van der Waals surface area contributed by atoms with Gasteiger partial charge in [0.1, 0.15) is 0 Å². The maximum absolute atomic E-state index is 12.5. The minimum absolute atomic E-state index is 0.132. The molecule has 4 nitrogen and oxygen atoms in total. The Hall–Kier alpha value is -1.68. The zero-order chi connectivity index (χ0) is 14.5. The summed E-state index contributed by atoms with van der Waals surface area (Å²) >= 11 is 0. The molecule has 0 spiro atoms. The molecule has 1 aromatic carbocycles. The SMILES string of the molecule is CCC(C(=O)c1ccccc1)N1CCC(C(=O)O)CC1. The summed E-state index contributed by atoms with van der Waals surface area (Å²) in [6.45, 7) is 3.39. The summed E-state index contributed by atoms with van der Waals surface area (Å²) in [7, 11) is 0. The van der Waals surface area contributed by atoms with Gasteiger partial charge in [-0.15, -0.1) is 0 Å². The fourth-order valence-electron chi connectivity index (χ4n) is 2.86. The van der Waals surface area contributed by atoms with Crippen LogP contribution in [0.25, 0.3) is 0 Å². The number of carboxylic acid groups (broad SMARTS) is 1. The molecule has 2 rings (SSSR count). The monoisotopic (exact) mass is 275 g/mol. The van der Waals surface area contributed by atoms with E-state index in [-0.39, 0.29) is 17.7 Å². The summed E-state index contributed by atoms with van der Waals surface area (Å²) in [5.41, 5.74) is 0.736. The number of nitrogens with zero attached hydrogens (tertiary/aromatic N) is 1. The normalized spacial score (nSPS) is 18.6. The van der Waals surface area contributed by atoms with Crippen molar-refractivity contribution in [2.75, 3.05) is 13.1 Å². The van der Waals surface area contributed by atoms with Crippen LogP contribution in [0.5, 0.6) is 0 Å². The quantitative estimate of drug-likeness (QED) is 0.839. The molecular weight excluding hydrogens is 254 g/mol. The third kappa shape index (κ3) is 3.25. The third-order valence-corrected chi connectivity index (χ3v) is 4.07. The topological polar surface area (TPSA) is 57.6 Å². The molecule has 0 radical (unpaired) electrons. The number of Topliss-reactive ketones (excluding diaryl/α,β-unsaturated/α-hetero) is 1. The summed E-state index contributed by atoms with van der Waals surface area (Å²) in [5, 5.41) is 9.02. The Morgan fingerprint density at radius 3 is 2.35 bits per heavy atom. The van der Waals surface area contributed by atoms with Crippen LogP contribution in [0.2, 0.25) is 0 Å². The summed E-state index contributed by atoms with van der Waals surface area (Å²) in [5.74, 6) is -0.829. The Morgan fingerprint density at radius 2 is 1.85 bits per heavy atom. The first-order valence-corrected chi connectivity index (χ1v) is 7.19. The summed E-state index contributed by atoms with van der Waals surface area (Å²) in [6, 6.07) is 9.19. The zero-order valence-electron chi connectivity index (χ0n) is 11.8. The maximum atomic E-state index is 12.5. The van der Waals surface area contributed by atoms with Gasteiger partial charge in [-0.25, -0.2) is 0 Å². The summed E-state index contributed by atoms with van der Waals surface area (Å²) in [4.78, 5) is 25.6. The van der Waals surface area contributed by atoms with Gasteiger partial charge in [-0.3, -0.25) is 14.5 Å². The number of ketones is 1. The molecule has 20 heavy (non-hydrogen) atoms. The first kappa shape index (κ1) is 14.7. The molecule has 0 aromatic heterocycles. The van der Waals surface area contributed by atoms with Gasteiger partial charge in [-0.1, -0.05) is 37.3 Å². The average Bonchev–Trinajstić information content (AvgIpc) is 2.49. The second-order valence-electron chi connectivity index (χ2n) is 5.30. The van der Waals surface area contributed by atoms with E-state index in [1.807, 2.05) is 37.3 Å². The predicted octanol–water partition coefficient (Wildman–Crippen LogP) is 2.44. The van der Waals surface area contributed by atoms with Crippen LogP contribution in [0.4, 0.5) is 0 Å². The van der Waals surface area contributed by atoms with Gasteiger partial charge in [0.25, 0.3) is 0 Å². The largest absolute Gasteiger partial charge is 0.481 e. The van der Waals surface area contributed by atoms with Crippen molar-refractivity contribution in [1.82, 2.24) is 4.90 Å². The number of likely N-dealkylation sites (tertiary alicyclic amines) is 1. The van der Waals surface area contributed by atoms with Gasteiger partial charge in [0, 0.05) is 5.56 Å². The lowest BCUT2D eigenvalue weighted by molar-refractivity contribution is -0.143. The number of carbonyl (C=O) groups excluding carboxylic acids is 1. The number of benzene rings is 1. The minimum atomic E-state index is -0.716. The van der Waals surface area contributed by atoms with Crippen molar-refractivity contribution in [2.24, 2.45) is 5.92 Å². The van der Waals surface area contributed by atoms with E-state index in [4.69, 9.17) is 5.11 Å². The highest BCUT2D eigenvalue weighted by Crippen LogP contribution is 2.22. The van der Waals surface area contributed by atoms with Crippen molar-refractivity contribution in [3.8, 4) is 0 Å². The van der Waals surface area contributed by atoms with Gasteiger partial charge >= 0.3 is 5.97 Å². The summed E-state index contributed by atoms with van der Waals surface area (Å²) in [6.07, 6.45) is 2.02. The molecule has 1 atom stereocenters. The van der Waals surface area contributed by atoms with E-state index in [2.05, 4.69) is 4.90 Å². The maximum Gasteiger partial charge on any atom is 0.306 e. The number of carbonyl (C=O) groups is 2. The van der Waals surface area contributed by atoms with Gasteiger partial charge < -0.3 is 5.11 Å². The van der Waals surface area contributed by atoms with Crippen molar-refractivity contribution in [2.45, 2.75) is 32.2 Å². The number of carboxylic acids is 1. The van der Waals surface area contributed by atoms with Crippen LogP contribution in [0.1, 0.15) is 36.5 Å². The van der Waals surface area contributed by atoms with E-state index >= 15 is 0 Å². The highest BCUT2D eigenvalue weighted by molar-refractivity contribution is 6.00. The van der Waals surface area contributed by atoms with Crippen LogP contribution >= 0.6 is 0 Å². The Kier molecular flexibility index (Phi) is 4.90. The highest BCUT2D eigenvalue weighted by Gasteiger charge is 2.31. The standard InChI is InChI=1S/C16H21NO3/c1-2-14(15(18)12-6-4-3-5-7-12)17-10-8-13(9-11-17)16(19)20/h3-7,13-14H,2,8-11H2,1H3,(H,19,20). The van der Waals surface area contributed by atoms with E-state index in [0.717, 1.165) is 12.0 Å². The van der Waals surface area contributed by atoms with Crippen LogP contribution in [-0.4, -0.2) is 40.9 Å². The van der Waals surface area contributed by atoms with Crippen molar-refractivity contribution in [3.05, 3.63) is 35.9 Å². The van der Waals surface area contributed by atoms with Gasteiger partial charge in [0.15, 0.2) is 5.78 Å². The van der Waals surface area contributed by atoms with E-state index in [9.17, 15) is 9.59 Å². The fourth-order valence-corrected chi connectivity index (χ4v) is 2.86. The summed E-state index contributed by atoms with van der Waals surface area (Å²) < 4.78 is 0. The number of hydrogen-bond acceptors (Lipinski definition) is 3. The van der Waals surface area contributed by atoms with E-state index < -0.39 is 5.97 Å². The number of rotatable bonds is 5. The van der Waals surface area contributed by atoms with Crippen molar-refractivity contribution < 1.29 is 14.7 Å². The lowest BCUT2D eigenvalue weighted by Gasteiger charge is -2.35. The second-order valence-corrected chi connectivity index (χ2v) is 5.30. The van der Waals surface area contributed by atoms with Gasteiger partial charge in [-0.2, -0.15) is 0 Å². The van der Waals surface area contributed by atoms with Crippen LogP contribution in [0.3, 0.4) is 0 Å². The van der Waals surface area contributed by atoms with Gasteiger partial charge in [-0.05, 0) is 32.4 Å². The first-order chi connectivity index (χ1) is 9.63. The molecule has 1 heterocycles. The predicted molar refractivity (Wildman–Crippen MR) is 76.8 cm³/mol. The average molecular weight is 275 g/mol. The number of piperidine rings is 1. The van der Waals surface area contributed by atoms with E-state index in [1.54, 1.807) is 0 Å². The Balaban J connectivity index is 2.03. The molecular formula is C16H21NO3. The second kappa shape index (κ2) is 6.66. The van der Waals surface area contributed by atoms with Crippen molar-refractivity contribution >= 4 is 11.8 Å². The highest BCUT2D eigenvalue weighted by atomic mass is 16.4. The number of aliphatic carboxylic acids is 1. The molecule has 0 bridgehead atoms. The van der Waals surface area contributed by atoms with Gasteiger partial charge in [0.05, 0.1) is 12.0 Å². The molecule has 4 heteroatoms. The molecule has 0 saturated carbocycles. The number of hydrogen-bond donors (Lipinski definition) is 1. The molecule has 1 aliphatic heterocycles. The molecule has 1 fully saturated rings. The van der Waals surface area contributed by atoms with Crippen LogP contribution in [0.15, 0.2) is 30.3 Å². The smallest absolute Gasteiger partial charge is 0.306 e. The lowest BCUT2D eigenvalue weighted by atomic mass is 9.93. The molecule has 1 unspecified atom stereocenters. The van der Waals surface area contributed by atoms with Crippen LogP contribution < -0.4 is 0 Å². The zero-order valence-corrected chi connectivity index (χ0v) is 11.8. The fraction of sp³-hybridized carbons (Fsp3) is 0.500. The van der Waals surface area contributed by atoms with Crippen LogP contribution in [-0.2, 0) is 4.79 Å². The van der Waals surface area contributed by atoms with E-state index in [0.29, 0.717) is 25.9 Å². The third-order valence-electron chi connectivity index (χ3n) is 4.07.